The maximum absolute atomic E-state index is 11.9. The molecule has 6 nitrogen and oxygen atoms in total. The molecular weight excluding hydrogens is 270 g/mol. The van der Waals surface area contributed by atoms with Gasteiger partial charge in [0, 0.05) is 12.1 Å². The van der Waals surface area contributed by atoms with Gasteiger partial charge in [0.25, 0.3) is 0 Å². The molecule has 0 aromatic heterocycles. The third-order valence-corrected chi connectivity index (χ3v) is 3.12. The zero-order valence-corrected chi connectivity index (χ0v) is 12.6. The number of aliphatic carboxylic acids is 1. The van der Waals surface area contributed by atoms with Crippen LogP contribution in [-0.2, 0) is 9.59 Å². The summed E-state index contributed by atoms with van der Waals surface area (Å²) >= 11 is 0. The van der Waals surface area contributed by atoms with E-state index in [-0.39, 0.29) is 12.3 Å². The van der Waals surface area contributed by atoms with Gasteiger partial charge in [-0.05, 0) is 37.1 Å². The molecule has 0 aliphatic rings. The van der Waals surface area contributed by atoms with Crippen molar-refractivity contribution in [2.24, 2.45) is 0 Å². The summed E-state index contributed by atoms with van der Waals surface area (Å²) in [6.07, 6.45) is 0.703. The number of carbonyl (C=O) groups excluding carboxylic acids is 2. The number of hydrogen-bond donors (Lipinski definition) is 3. The normalized spacial score (nSPS) is 12.0. The van der Waals surface area contributed by atoms with Gasteiger partial charge >= 0.3 is 0 Å². The fraction of sp³-hybridized carbons (Fsp3) is 0.467. The number of aryl methyl sites for hydroxylation is 2. The lowest BCUT2D eigenvalue weighted by atomic mass is 10.1. The van der Waals surface area contributed by atoms with Crippen LogP contribution in [0.2, 0.25) is 0 Å². The highest BCUT2D eigenvalue weighted by Gasteiger charge is 2.18. The molecule has 0 aliphatic carbocycles. The van der Waals surface area contributed by atoms with Crippen molar-refractivity contribution in [1.82, 2.24) is 0 Å². The first-order valence-corrected chi connectivity index (χ1v) is 7.14. The van der Waals surface area contributed by atoms with Gasteiger partial charge < -0.3 is 26.3 Å². The van der Waals surface area contributed by atoms with Gasteiger partial charge in [0.2, 0.25) is 5.91 Å². The molecule has 1 amide bonds. The number of rotatable bonds is 8. The van der Waals surface area contributed by atoms with Crippen molar-refractivity contribution >= 4 is 17.6 Å². The highest BCUT2D eigenvalue weighted by Crippen LogP contribution is 2.13. The standard InChI is InChI=1S/C15H23N3O3/c1-10-6-11(2)8-12(7-10)18-14(19)9-13(15(20)21)17-5-3-4-16/h6-8,13,17H,3-5,9,16H2,1-2H3,(H,18,19)(H,20,21)/p+1/t13-/m1/s1. The molecule has 21 heavy (non-hydrogen) atoms. The molecule has 6 heteroatoms. The van der Waals surface area contributed by atoms with Gasteiger partial charge in [0.1, 0.15) is 6.04 Å². The quantitative estimate of drug-likeness (QED) is 0.479. The maximum atomic E-state index is 11.9. The zero-order chi connectivity index (χ0) is 15.8. The van der Waals surface area contributed by atoms with E-state index in [2.05, 4.69) is 11.1 Å². The van der Waals surface area contributed by atoms with E-state index in [1.165, 1.54) is 0 Å². The highest BCUT2D eigenvalue weighted by molar-refractivity contribution is 5.93. The first kappa shape index (κ1) is 17.1. The average molecular weight is 294 g/mol. The van der Waals surface area contributed by atoms with Crippen LogP contribution in [0, 0.1) is 13.8 Å². The Bertz CT molecular complexity index is 483. The van der Waals surface area contributed by atoms with Gasteiger partial charge in [0.05, 0.1) is 25.5 Å². The second-order valence-electron chi connectivity index (χ2n) is 5.29. The van der Waals surface area contributed by atoms with Crippen molar-refractivity contribution in [3.63, 3.8) is 0 Å². The second-order valence-corrected chi connectivity index (χ2v) is 5.29. The van der Waals surface area contributed by atoms with E-state index in [4.69, 9.17) is 0 Å². The van der Waals surface area contributed by atoms with E-state index in [1.54, 1.807) is 5.32 Å². The average Bonchev–Trinajstić information content (AvgIpc) is 2.36. The Balaban J connectivity index is 2.58. The van der Waals surface area contributed by atoms with Crippen molar-refractivity contribution in [2.45, 2.75) is 32.7 Å². The number of carboxylic acids is 1. The van der Waals surface area contributed by atoms with Gasteiger partial charge in [-0.15, -0.1) is 0 Å². The molecule has 0 fully saturated rings. The third kappa shape index (κ3) is 6.37. The zero-order valence-electron chi connectivity index (χ0n) is 12.6. The summed E-state index contributed by atoms with van der Waals surface area (Å²) in [6, 6.07) is 4.85. The summed E-state index contributed by atoms with van der Waals surface area (Å²) in [5.74, 6) is -1.53. The van der Waals surface area contributed by atoms with E-state index < -0.39 is 12.0 Å². The minimum absolute atomic E-state index is 0.105. The summed E-state index contributed by atoms with van der Waals surface area (Å²) in [5.41, 5.74) is 6.48. The molecule has 0 saturated carbocycles. The molecule has 0 saturated heterocycles. The fourth-order valence-corrected chi connectivity index (χ4v) is 2.18. The number of amides is 1. The molecule has 116 valence electrons. The molecule has 1 aromatic carbocycles. The summed E-state index contributed by atoms with van der Waals surface area (Å²) < 4.78 is 0. The Hall–Kier alpha value is -1.92. The molecule has 0 unspecified atom stereocenters. The molecule has 1 atom stereocenters. The lowest BCUT2D eigenvalue weighted by Crippen LogP contribution is -2.93. The van der Waals surface area contributed by atoms with Crippen LogP contribution in [0.1, 0.15) is 24.0 Å². The number of anilines is 1. The topological polar surface area (TPSA) is 113 Å². The summed E-state index contributed by atoms with van der Waals surface area (Å²) in [7, 11) is 0. The number of carboxylic acid groups (broad SMARTS) is 1. The van der Waals surface area contributed by atoms with E-state index in [0.29, 0.717) is 12.2 Å². The highest BCUT2D eigenvalue weighted by atomic mass is 16.4. The molecule has 1 aromatic rings. The van der Waals surface area contributed by atoms with Crippen molar-refractivity contribution < 1.29 is 25.7 Å². The molecule has 1 rings (SSSR count). The van der Waals surface area contributed by atoms with E-state index in [9.17, 15) is 14.7 Å². The van der Waals surface area contributed by atoms with E-state index >= 15 is 0 Å². The second kappa shape index (κ2) is 8.39. The Labute approximate surface area is 124 Å². The lowest BCUT2D eigenvalue weighted by Gasteiger charge is -2.16. The maximum Gasteiger partial charge on any atom is 0.230 e. The number of nitrogens with one attached hydrogen (secondary N) is 1. The predicted octanol–water partition coefficient (Wildman–Crippen LogP) is -2.05. The van der Waals surface area contributed by atoms with E-state index in [0.717, 1.165) is 24.1 Å². The van der Waals surface area contributed by atoms with Crippen LogP contribution in [0.15, 0.2) is 18.2 Å². The number of hydrogen-bond acceptors (Lipinski definition) is 3. The Morgan fingerprint density at radius 2 is 1.90 bits per heavy atom. The van der Waals surface area contributed by atoms with Gasteiger partial charge in [-0.3, -0.25) is 4.79 Å². The van der Waals surface area contributed by atoms with Crippen LogP contribution in [0.3, 0.4) is 0 Å². The molecule has 6 N–H and O–H groups in total. The van der Waals surface area contributed by atoms with Crippen LogP contribution >= 0.6 is 0 Å². The summed E-state index contributed by atoms with van der Waals surface area (Å²) in [5, 5.41) is 15.4. The van der Waals surface area contributed by atoms with Gasteiger partial charge in [0.15, 0.2) is 0 Å². The number of nitrogens with two attached hydrogens (primary N) is 1. The minimum atomic E-state index is -1.21. The lowest BCUT2D eigenvalue weighted by molar-refractivity contribution is -0.684. The Morgan fingerprint density at radius 1 is 1.29 bits per heavy atom. The number of quaternary nitrogens is 2. The van der Waals surface area contributed by atoms with Crippen LogP contribution in [-0.4, -0.2) is 31.0 Å². The molecular formula is C15H24N3O3+. The monoisotopic (exact) mass is 294 g/mol. The van der Waals surface area contributed by atoms with Crippen LogP contribution in [0.5, 0.6) is 0 Å². The minimum Gasteiger partial charge on any atom is -0.544 e. The molecule has 0 aliphatic heterocycles. The van der Waals surface area contributed by atoms with E-state index in [1.807, 2.05) is 32.0 Å². The van der Waals surface area contributed by atoms with Crippen LogP contribution < -0.4 is 21.5 Å². The summed E-state index contributed by atoms with van der Waals surface area (Å²) in [4.78, 5) is 23.0. The van der Waals surface area contributed by atoms with Gasteiger partial charge in [-0.25, -0.2) is 0 Å². The molecule has 0 heterocycles. The van der Waals surface area contributed by atoms with Gasteiger partial charge in [-0.1, -0.05) is 6.07 Å². The smallest absolute Gasteiger partial charge is 0.230 e. The van der Waals surface area contributed by atoms with Crippen molar-refractivity contribution in [1.29, 1.82) is 0 Å². The number of benzene rings is 1. The van der Waals surface area contributed by atoms with Crippen LogP contribution in [0.25, 0.3) is 0 Å². The van der Waals surface area contributed by atoms with Crippen LogP contribution in [0.4, 0.5) is 5.69 Å². The first-order valence-electron chi connectivity index (χ1n) is 7.14. The molecule has 0 bridgehead atoms. The SMILES string of the molecule is Cc1cc(C)cc(NC(=O)C[C@@H]([NH2+]CCC[NH3+])C(=O)[O-])c1. The van der Waals surface area contributed by atoms with Gasteiger partial charge in [-0.2, -0.15) is 0 Å². The largest absolute Gasteiger partial charge is 0.544 e. The van der Waals surface area contributed by atoms with Crippen molar-refractivity contribution in [2.75, 3.05) is 18.4 Å². The Morgan fingerprint density at radius 3 is 2.43 bits per heavy atom. The summed E-state index contributed by atoms with van der Waals surface area (Å²) in [6.45, 7) is 5.25. The number of carbonyl (C=O) groups is 2. The fourth-order valence-electron chi connectivity index (χ4n) is 2.18. The third-order valence-electron chi connectivity index (χ3n) is 3.12. The molecule has 0 radical (unpaired) electrons. The Kier molecular flexibility index (Phi) is 6.84. The first-order chi connectivity index (χ1) is 9.92. The predicted molar refractivity (Wildman–Crippen MR) is 77.1 cm³/mol. The van der Waals surface area contributed by atoms with Crippen molar-refractivity contribution in [3.05, 3.63) is 29.3 Å². The molecule has 0 spiro atoms. The van der Waals surface area contributed by atoms with Crippen molar-refractivity contribution in [3.8, 4) is 0 Å².